The van der Waals surface area contributed by atoms with E-state index in [-0.39, 0.29) is 18.9 Å². The van der Waals surface area contributed by atoms with E-state index >= 15 is 0 Å². The molecule has 1 aromatic rings. The van der Waals surface area contributed by atoms with Crippen molar-refractivity contribution in [1.29, 1.82) is 0 Å². The molecule has 0 saturated carbocycles. The van der Waals surface area contributed by atoms with Gasteiger partial charge in [-0.3, -0.25) is 9.10 Å². The maximum Gasteiger partial charge on any atom is 0.232 e. The molecule has 0 aliphatic carbocycles. The van der Waals surface area contributed by atoms with Crippen molar-refractivity contribution in [1.82, 2.24) is 4.90 Å². The number of carbonyl (C=O) groups is 1. The zero-order valence-electron chi connectivity index (χ0n) is 16.5. The van der Waals surface area contributed by atoms with Gasteiger partial charge in [0.1, 0.15) is 0 Å². The molecule has 0 radical (unpaired) electrons. The molecule has 0 spiro atoms. The molecule has 6 heteroatoms. The highest BCUT2D eigenvalue weighted by Crippen LogP contribution is 2.29. The smallest absolute Gasteiger partial charge is 0.232 e. The second-order valence-corrected chi connectivity index (χ2v) is 9.19. The van der Waals surface area contributed by atoms with Crippen molar-refractivity contribution < 1.29 is 13.2 Å². The van der Waals surface area contributed by atoms with Crippen LogP contribution < -0.4 is 4.31 Å². The van der Waals surface area contributed by atoms with Crippen LogP contribution in [0, 0.1) is 5.92 Å². The van der Waals surface area contributed by atoms with Crippen LogP contribution in [0.5, 0.6) is 0 Å². The summed E-state index contributed by atoms with van der Waals surface area (Å²) in [6.07, 6.45) is 5.02. The van der Waals surface area contributed by atoms with E-state index in [4.69, 9.17) is 0 Å². The number of hydrogen-bond acceptors (Lipinski definition) is 3. The molecule has 0 unspecified atom stereocenters. The molecule has 0 atom stereocenters. The Kier molecular flexibility index (Phi) is 7.09. The van der Waals surface area contributed by atoms with Crippen LogP contribution in [0.15, 0.2) is 18.2 Å². The minimum Gasteiger partial charge on any atom is -0.343 e. The molecule has 5 nitrogen and oxygen atoms in total. The van der Waals surface area contributed by atoms with E-state index in [1.807, 2.05) is 36.9 Å². The molecule has 0 N–H and O–H groups in total. The quantitative estimate of drug-likeness (QED) is 0.730. The molecule has 2 rings (SSSR count). The third kappa shape index (κ3) is 5.00. The Morgan fingerprint density at radius 1 is 1.15 bits per heavy atom. The van der Waals surface area contributed by atoms with Gasteiger partial charge in [-0.25, -0.2) is 8.42 Å². The Labute approximate surface area is 158 Å². The molecular formula is C20H32N2O3S. The van der Waals surface area contributed by atoms with Crippen molar-refractivity contribution in [2.24, 2.45) is 5.92 Å². The molecule has 1 aliphatic heterocycles. The van der Waals surface area contributed by atoms with E-state index in [2.05, 4.69) is 6.92 Å². The summed E-state index contributed by atoms with van der Waals surface area (Å²) in [6.45, 7) is 8.03. The fraction of sp³-hybridized carbons (Fsp3) is 0.650. The largest absolute Gasteiger partial charge is 0.343 e. The van der Waals surface area contributed by atoms with Gasteiger partial charge in [0.05, 0.1) is 11.9 Å². The number of anilines is 1. The van der Waals surface area contributed by atoms with Crippen LogP contribution in [-0.4, -0.2) is 45.1 Å². The highest BCUT2D eigenvalue weighted by Gasteiger charge is 2.25. The summed E-state index contributed by atoms with van der Waals surface area (Å²) in [5.41, 5.74) is 2.78. The third-order valence-electron chi connectivity index (χ3n) is 5.28. The molecule has 146 valence electrons. The first-order chi connectivity index (χ1) is 12.3. The SMILES string of the molecule is CCc1cccc(CC)c1N(CCC(=O)N1CCC(C)CC1)S(C)(=O)=O. The van der Waals surface area contributed by atoms with Crippen LogP contribution in [0.1, 0.15) is 51.2 Å². The molecule has 1 saturated heterocycles. The van der Waals surface area contributed by atoms with Gasteiger partial charge in [0.15, 0.2) is 0 Å². The van der Waals surface area contributed by atoms with E-state index < -0.39 is 10.0 Å². The van der Waals surface area contributed by atoms with Gasteiger partial charge in [-0.05, 0) is 42.7 Å². The van der Waals surface area contributed by atoms with Crippen LogP contribution in [-0.2, 0) is 27.7 Å². The molecular weight excluding hydrogens is 348 g/mol. The number of rotatable bonds is 7. The molecule has 0 bridgehead atoms. The molecule has 1 fully saturated rings. The Hall–Kier alpha value is -1.56. The Balaban J connectivity index is 2.21. The van der Waals surface area contributed by atoms with Gasteiger partial charge in [-0.15, -0.1) is 0 Å². The van der Waals surface area contributed by atoms with Crippen molar-refractivity contribution in [2.75, 3.05) is 30.2 Å². The Morgan fingerprint density at radius 2 is 1.69 bits per heavy atom. The highest BCUT2D eigenvalue weighted by atomic mass is 32.2. The first-order valence-electron chi connectivity index (χ1n) is 9.64. The lowest BCUT2D eigenvalue weighted by Crippen LogP contribution is -2.41. The predicted molar refractivity (Wildman–Crippen MR) is 107 cm³/mol. The van der Waals surface area contributed by atoms with Gasteiger partial charge in [-0.1, -0.05) is 39.0 Å². The number of piperidine rings is 1. The van der Waals surface area contributed by atoms with Gasteiger partial charge in [0.2, 0.25) is 15.9 Å². The van der Waals surface area contributed by atoms with Crippen molar-refractivity contribution in [3.05, 3.63) is 29.3 Å². The van der Waals surface area contributed by atoms with E-state index in [0.717, 1.165) is 55.6 Å². The molecule has 1 heterocycles. The van der Waals surface area contributed by atoms with Crippen LogP contribution in [0.25, 0.3) is 0 Å². The fourth-order valence-electron chi connectivity index (χ4n) is 3.59. The number of benzene rings is 1. The van der Waals surface area contributed by atoms with Crippen LogP contribution >= 0.6 is 0 Å². The summed E-state index contributed by atoms with van der Waals surface area (Å²) in [5, 5.41) is 0. The van der Waals surface area contributed by atoms with Crippen molar-refractivity contribution in [3.8, 4) is 0 Å². The fourth-order valence-corrected chi connectivity index (χ4v) is 4.58. The number of carbonyl (C=O) groups excluding carboxylic acids is 1. The number of sulfonamides is 1. The number of amides is 1. The van der Waals surface area contributed by atoms with E-state index in [1.165, 1.54) is 10.6 Å². The number of hydrogen-bond donors (Lipinski definition) is 0. The van der Waals surface area contributed by atoms with E-state index in [9.17, 15) is 13.2 Å². The molecule has 1 aromatic carbocycles. The number of para-hydroxylation sites is 1. The molecule has 26 heavy (non-hydrogen) atoms. The average molecular weight is 381 g/mol. The predicted octanol–water partition coefficient (Wildman–Crippen LogP) is 3.23. The minimum absolute atomic E-state index is 0.0533. The molecule has 1 amide bonds. The maximum absolute atomic E-state index is 12.6. The number of aryl methyl sites for hydroxylation is 2. The molecule has 1 aliphatic rings. The lowest BCUT2D eigenvalue weighted by molar-refractivity contribution is -0.132. The lowest BCUT2D eigenvalue weighted by Gasteiger charge is -2.32. The Bertz CT molecular complexity index is 700. The highest BCUT2D eigenvalue weighted by molar-refractivity contribution is 7.92. The summed E-state index contributed by atoms with van der Waals surface area (Å²) in [6, 6.07) is 5.92. The summed E-state index contributed by atoms with van der Waals surface area (Å²) in [5.74, 6) is 0.715. The van der Waals surface area contributed by atoms with Crippen LogP contribution in [0.3, 0.4) is 0 Å². The topological polar surface area (TPSA) is 57.7 Å². The van der Waals surface area contributed by atoms with Gasteiger partial charge in [-0.2, -0.15) is 0 Å². The number of likely N-dealkylation sites (tertiary alicyclic amines) is 1. The summed E-state index contributed by atoms with van der Waals surface area (Å²) in [4.78, 5) is 14.5. The van der Waals surface area contributed by atoms with E-state index in [0.29, 0.717) is 5.92 Å². The first kappa shape index (κ1) is 20.7. The van der Waals surface area contributed by atoms with Crippen molar-refractivity contribution in [3.63, 3.8) is 0 Å². The second kappa shape index (κ2) is 8.89. The monoisotopic (exact) mass is 380 g/mol. The Morgan fingerprint density at radius 3 is 2.15 bits per heavy atom. The average Bonchev–Trinajstić information content (AvgIpc) is 2.61. The summed E-state index contributed by atoms with van der Waals surface area (Å²) < 4.78 is 26.4. The maximum atomic E-state index is 12.6. The van der Waals surface area contributed by atoms with Crippen LogP contribution in [0.2, 0.25) is 0 Å². The normalized spacial score (nSPS) is 15.9. The van der Waals surface area contributed by atoms with Crippen LogP contribution in [0.4, 0.5) is 5.69 Å². The summed E-state index contributed by atoms with van der Waals surface area (Å²) >= 11 is 0. The zero-order valence-corrected chi connectivity index (χ0v) is 17.3. The van der Waals surface area contributed by atoms with Gasteiger partial charge in [0.25, 0.3) is 0 Å². The second-order valence-electron chi connectivity index (χ2n) is 7.28. The number of nitrogens with zero attached hydrogens (tertiary/aromatic N) is 2. The van der Waals surface area contributed by atoms with Gasteiger partial charge >= 0.3 is 0 Å². The van der Waals surface area contributed by atoms with Gasteiger partial charge in [0, 0.05) is 26.1 Å². The standard InChI is InChI=1S/C20H32N2O3S/c1-5-17-8-7-9-18(6-2)20(17)22(26(4,24)25)15-12-19(23)21-13-10-16(3)11-14-21/h7-9,16H,5-6,10-15H2,1-4H3. The zero-order chi connectivity index (χ0) is 19.3. The minimum atomic E-state index is -3.46. The first-order valence-corrected chi connectivity index (χ1v) is 11.5. The summed E-state index contributed by atoms with van der Waals surface area (Å²) in [7, 11) is -3.46. The lowest BCUT2D eigenvalue weighted by atomic mass is 9.99. The molecule has 0 aromatic heterocycles. The van der Waals surface area contributed by atoms with Gasteiger partial charge < -0.3 is 4.90 Å². The van der Waals surface area contributed by atoms with Crippen molar-refractivity contribution in [2.45, 2.75) is 52.9 Å². The van der Waals surface area contributed by atoms with Crippen molar-refractivity contribution >= 4 is 21.6 Å². The van der Waals surface area contributed by atoms with E-state index in [1.54, 1.807) is 0 Å². The third-order valence-corrected chi connectivity index (χ3v) is 6.45.